The van der Waals surface area contributed by atoms with Crippen molar-refractivity contribution in [2.45, 2.75) is 0 Å². The van der Waals surface area contributed by atoms with Crippen LogP contribution < -0.4 is 5.56 Å². The molecule has 0 amide bonds. The fraction of sp³-hybridized carbons (Fsp3) is 0.0476. The summed E-state index contributed by atoms with van der Waals surface area (Å²) in [4.78, 5) is 17.9. The molecule has 3 heterocycles. The Kier molecular flexibility index (Phi) is 4.12. The summed E-state index contributed by atoms with van der Waals surface area (Å²) < 4.78 is 3.12. The van der Waals surface area contributed by atoms with Crippen LogP contribution in [0.4, 0.5) is 0 Å². The van der Waals surface area contributed by atoms with Crippen molar-refractivity contribution in [3.05, 3.63) is 81.3 Å². The zero-order chi connectivity index (χ0) is 20.1. The van der Waals surface area contributed by atoms with Gasteiger partial charge in [-0.1, -0.05) is 35.3 Å². The summed E-state index contributed by atoms with van der Waals surface area (Å²) in [5, 5.41) is 10.7. The maximum Gasteiger partial charge on any atom is 0.281 e. The molecule has 3 aromatic heterocycles. The van der Waals surface area contributed by atoms with Gasteiger partial charge in [-0.3, -0.25) is 9.48 Å². The molecule has 0 aliphatic rings. The van der Waals surface area contributed by atoms with Gasteiger partial charge in [-0.15, -0.1) is 0 Å². The number of benzene rings is 2. The molecule has 0 aliphatic carbocycles. The summed E-state index contributed by atoms with van der Waals surface area (Å²) in [6.45, 7) is 0. The highest BCUT2D eigenvalue weighted by molar-refractivity contribution is 6.30. The minimum atomic E-state index is -0.294. The predicted molar refractivity (Wildman–Crippen MR) is 115 cm³/mol. The van der Waals surface area contributed by atoms with E-state index in [0.29, 0.717) is 38.0 Å². The third-order valence-electron chi connectivity index (χ3n) is 4.67. The van der Waals surface area contributed by atoms with E-state index in [0.717, 1.165) is 10.9 Å². The van der Waals surface area contributed by atoms with E-state index >= 15 is 0 Å². The first-order chi connectivity index (χ1) is 14.0. The molecule has 0 saturated heterocycles. The molecule has 5 rings (SSSR count). The van der Waals surface area contributed by atoms with Gasteiger partial charge in [-0.25, -0.2) is 4.98 Å². The SMILES string of the molecule is Cn1cc2cc(-n3nc4ccc(Cl)nc4c(-c4ccc(Cl)cc4)c3=O)ccc2n1. The Morgan fingerprint density at radius 1 is 0.897 bits per heavy atom. The normalized spacial score (nSPS) is 11.4. The number of hydrogen-bond donors (Lipinski definition) is 0. The number of fused-ring (bicyclic) bond motifs is 2. The molecule has 0 radical (unpaired) electrons. The van der Waals surface area contributed by atoms with Crippen LogP contribution >= 0.6 is 23.2 Å². The Balaban J connectivity index is 1.84. The van der Waals surface area contributed by atoms with E-state index in [1.807, 2.05) is 31.4 Å². The number of pyridine rings is 1. The minimum absolute atomic E-state index is 0.294. The van der Waals surface area contributed by atoms with Crippen LogP contribution in [0.15, 0.2) is 65.6 Å². The summed E-state index contributed by atoms with van der Waals surface area (Å²) in [7, 11) is 1.86. The van der Waals surface area contributed by atoms with Gasteiger partial charge in [-0.05, 0) is 48.0 Å². The number of halogens is 2. The van der Waals surface area contributed by atoms with Gasteiger partial charge in [0.2, 0.25) is 0 Å². The zero-order valence-electron chi connectivity index (χ0n) is 15.2. The van der Waals surface area contributed by atoms with Crippen molar-refractivity contribution in [1.29, 1.82) is 0 Å². The second-order valence-electron chi connectivity index (χ2n) is 6.65. The lowest BCUT2D eigenvalue weighted by molar-refractivity contribution is 0.780. The molecule has 0 fully saturated rings. The van der Waals surface area contributed by atoms with E-state index in [1.165, 1.54) is 4.68 Å². The quantitative estimate of drug-likeness (QED) is 0.389. The van der Waals surface area contributed by atoms with Gasteiger partial charge in [0.25, 0.3) is 5.56 Å². The number of aryl methyl sites for hydroxylation is 1. The molecule has 5 aromatic rings. The van der Waals surface area contributed by atoms with Crippen molar-refractivity contribution in [1.82, 2.24) is 24.5 Å². The molecule has 0 atom stereocenters. The molecule has 0 unspecified atom stereocenters. The fourth-order valence-corrected chi connectivity index (χ4v) is 3.65. The van der Waals surface area contributed by atoms with Crippen molar-refractivity contribution >= 4 is 45.1 Å². The molecule has 2 aromatic carbocycles. The number of nitrogens with zero attached hydrogens (tertiary/aromatic N) is 5. The molecule has 0 aliphatic heterocycles. The van der Waals surface area contributed by atoms with E-state index in [2.05, 4.69) is 15.2 Å². The number of hydrogen-bond acceptors (Lipinski definition) is 4. The summed E-state index contributed by atoms with van der Waals surface area (Å²) in [6.07, 6.45) is 1.90. The summed E-state index contributed by atoms with van der Waals surface area (Å²) in [6, 6.07) is 16.0. The van der Waals surface area contributed by atoms with Gasteiger partial charge in [0.15, 0.2) is 0 Å². The summed E-state index contributed by atoms with van der Waals surface area (Å²) in [5.74, 6) is 0. The Bertz CT molecular complexity index is 1450. The van der Waals surface area contributed by atoms with E-state index < -0.39 is 0 Å². The van der Waals surface area contributed by atoms with Gasteiger partial charge in [0.1, 0.15) is 16.2 Å². The van der Waals surface area contributed by atoms with Gasteiger partial charge < -0.3 is 0 Å². The van der Waals surface area contributed by atoms with Crippen LogP contribution in [-0.2, 0) is 7.05 Å². The molecule has 0 saturated carbocycles. The van der Waals surface area contributed by atoms with E-state index in [9.17, 15) is 4.79 Å². The first-order valence-electron chi connectivity index (χ1n) is 8.79. The van der Waals surface area contributed by atoms with Crippen LogP contribution in [-0.4, -0.2) is 24.5 Å². The Labute approximate surface area is 174 Å². The standard InChI is InChI=1S/C21H13Cl2N5O/c1-27-11-13-10-15(6-7-16(13)25-27)28-21(29)19(12-2-4-14(22)5-3-12)20-17(26-28)8-9-18(23)24-20/h2-11H,1H3. The van der Waals surface area contributed by atoms with Gasteiger partial charge in [0.05, 0.1) is 16.8 Å². The Morgan fingerprint density at radius 3 is 2.45 bits per heavy atom. The molecular formula is C21H13Cl2N5O. The maximum atomic E-state index is 13.5. The van der Waals surface area contributed by atoms with Crippen LogP contribution in [0.25, 0.3) is 38.8 Å². The molecule has 6 nitrogen and oxygen atoms in total. The minimum Gasteiger partial charge on any atom is -0.275 e. The smallest absolute Gasteiger partial charge is 0.275 e. The zero-order valence-corrected chi connectivity index (χ0v) is 16.7. The van der Waals surface area contributed by atoms with Crippen LogP contribution in [0.2, 0.25) is 10.2 Å². The molecule has 0 bridgehead atoms. The highest BCUT2D eigenvalue weighted by Crippen LogP contribution is 2.26. The molecule has 142 valence electrons. The lowest BCUT2D eigenvalue weighted by Gasteiger charge is -2.11. The van der Waals surface area contributed by atoms with Gasteiger partial charge >= 0.3 is 0 Å². The van der Waals surface area contributed by atoms with E-state index in [1.54, 1.807) is 41.1 Å². The van der Waals surface area contributed by atoms with Crippen molar-refractivity contribution in [3.8, 4) is 16.8 Å². The molecule has 8 heteroatoms. The second kappa shape index (κ2) is 6.69. The highest BCUT2D eigenvalue weighted by atomic mass is 35.5. The molecule has 0 N–H and O–H groups in total. The van der Waals surface area contributed by atoms with E-state index in [-0.39, 0.29) is 5.56 Å². The molecular weight excluding hydrogens is 409 g/mol. The average molecular weight is 422 g/mol. The maximum absolute atomic E-state index is 13.5. The lowest BCUT2D eigenvalue weighted by atomic mass is 10.1. The summed E-state index contributed by atoms with van der Waals surface area (Å²) in [5.41, 5.74) is 3.31. The van der Waals surface area contributed by atoms with E-state index in [4.69, 9.17) is 23.2 Å². The van der Waals surface area contributed by atoms with Crippen LogP contribution in [0.5, 0.6) is 0 Å². The van der Waals surface area contributed by atoms with Crippen molar-refractivity contribution in [3.63, 3.8) is 0 Å². The molecule has 29 heavy (non-hydrogen) atoms. The second-order valence-corrected chi connectivity index (χ2v) is 7.47. The van der Waals surface area contributed by atoms with Crippen LogP contribution in [0, 0.1) is 0 Å². The predicted octanol–water partition coefficient (Wildman–Crippen LogP) is 4.64. The van der Waals surface area contributed by atoms with Crippen LogP contribution in [0.1, 0.15) is 0 Å². The molecule has 0 spiro atoms. The number of rotatable bonds is 2. The third-order valence-corrected chi connectivity index (χ3v) is 5.13. The Hall–Kier alpha value is -3.22. The van der Waals surface area contributed by atoms with Crippen molar-refractivity contribution in [2.75, 3.05) is 0 Å². The first-order valence-corrected chi connectivity index (χ1v) is 9.54. The monoisotopic (exact) mass is 421 g/mol. The fourth-order valence-electron chi connectivity index (χ4n) is 3.37. The van der Waals surface area contributed by atoms with Gasteiger partial charge in [-0.2, -0.15) is 14.9 Å². The van der Waals surface area contributed by atoms with Crippen molar-refractivity contribution in [2.24, 2.45) is 7.05 Å². The number of aromatic nitrogens is 5. The Morgan fingerprint density at radius 2 is 1.66 bits per heavy atom. The largest absolute Gasteiger partial charge is 0.281 e. The average Bonchev–Trinajstić information content (AvgIpc) is 3.08. The van der Waals surface area contributed by atoms with Gasteiger partial charge in [0, 0.05) is 23.7 Å². The van der Waals surface area contributed by atoms with Crippen LogP contribution in [0.3, 0.4) is 0 Å². The topological polar surface area (TPSA) is 65.6 Å². The summed E-state index contributed by atoms with van der Waals surface area (Å²) >= 11 is 12.1. The lowest BCUT2D eigenvalue weighted by Crippen LogP contribution is -2.23. The van der Waals surface area contributed by atoms with Crippen molar-refractivity contribution < 1.29 is 0 Å². The first kappa shape index (κ1) is 17.8. The third kappa shape index (κ3) is 3.06. The highest BCUT2D eigenvalue weighted by Gasteiger charge is 2.17.